The fourth-order valence-electron chi connectivity index (χ4n) is 2.19. The molecule has 0 aliphatic carbocycles. The molecule has 0 fully saturated rings. The van der Waals surface area contributed by atoms with Crippen molar-refractivity contribution in [3.8, 4) is 0 Å². The number of nitrogens with one attached hydrogen (secondary N) is 2. The first-order valence-electron chi connectivity index (χ1n) is 7.14. The summed E-state index contributed by atoms with van der Waals surface area (Å²) in [5.41, 5.74) is -0.409. The molecule has 6 heteroatoms. The number of amides is 1. The first-order valence-corrected chi connectivity index (χ1v) is 7.14. The molecule has 0 saturated heterocycles. The summed E-state index contributed by atoms with van der Waals surface area (Å²) < 4.78 is 0. The number of rotatable bonds is 6. The van der Waals surface area contributed by atoms with E-state index < -0.39 is 5.56 Å². The molecular weight excluding hydrogens is 268 g/mol. The van der Waals surface area contributed by atoms with Crippen molar-refractivity contribution in [2.24, 2.45) is 5.41 Å². The Morgan fingerprint density at radius 3 is 2.52 bits per heavy atom. The lowest BCUT2D eigenvalue weighted by Crippen LogP contribution is -2.41. The lowest BCUT2D eigenvalue weighted by Gasteiger charge is -2.28. The van der Waals surface area contributed by atoms with Gasteiger partial charge in [-0.15, -0.1) is 0 Å². The van der Waals surface area contributed by atoms with E-state index in [2.05, 4.69) is 34.0 Å². The quantitative estimate of drug-likeness (QED) is 0.826. The van der Waals surface area contributed by atoms with Crippen LogP contribution in [0.1, 0.15) is 49.8 Å². The zero-order chi connectivity index (χ0) is 16.2. The average Bonchev–Trinajstić information content (AvgIpc) is 2.34. The van der Waals surface area contributed by atoms with E-state index in [4.69, 9.17) is 0 Å². The van der Waals surface area contributed by atoms with Gasteiger partial charge in [-0.1, -0.05) is 27.7 Å². The lowest BCUT2D eigenvalue weighted by atomic mass is 9.93. The second-order valence-electron chi connectivity index (χ2n) is 6.75. The molecule has 1 heterocycles. The third-order valence-corrected chi connectivity index (χ3v) is 3.08. The fraction of sp³-hybridized carbons (Fsp3) is 0.667. The molecule has 0 saturated carbocycles. The maximum Gasteiger partial charge on any atom is 0.263 e. The van der Waals surface area contributed by atoms with Crippen LogP contribution < -0.4 is 10.9 Å². The van der Waals surface area contributed by atoms with Gasteiger partial charge in [-0.25, -0.2) is 4.98 Å². The Balaban J connectivity index is 2.75. The van der Waals surface area contributed by atoms with Gasteiger partial charge in [-0.3, -0.25) is 9.59 Å². The third kappa shape index (κ3) is 5.30. The van der Waals surface area contributed by atoms with E-state index in [1.165, 1.54) is 6.20 Å². The number of nitrogens with zero attached hydrogens (tertiary/aromatic N) is 2. The molecule has 1 amide bonds. The van der Waals surface area contributed by atoms with E-state index >= 15 is 0 Å². The highest BCUT2D eigenvalue weighted by Crippen LogP contribution is 2.14. The summed E-state index contributed by atoms with van der Waals surface area (Å²) in [5.74, 6) is 0.323. The minimum absolute atomic E-state index is 0.0556. The summed E-state index contributed by atoms with van der Waals surface area (Å²) in [5, 5.41) is 2.81. The second-order valence-corrected chi connectivity index (χ2v) is 6.75. The van der Waals surface area contributed by atoms with Crippen molar-refractivity contribution in [2.45, 2.75) is 33.6 Å². The van der Waals surface area contributed by atoms with Gasteiger partial charge >= 0.3 is 0 Å². The van der Waals surface area contributed by atoms with Crippen LogP contribution in [0.25, 0.3) is 0 Å². The Kier molecular flexibility index (Phi) is 5.66. The molecule has 0 bridgehead atoms. The van der Waals surface area contributed by atoms with Gasteiger partial charge in [0.05, 0.1) is 0 Å². The largest absolute Gasteiger partial charge is 0.351 e. The zero-order valence-electron chi connectivity index (χ0n) is 13.8. The van der Waals surface area contributed by atoms with Crippen LogP contribution in [0.4, 0.5) is 0 Å². The van der Waals surface area contributed by atoms with Crippen molar-refractivity contribution < 1.29 is 4.79 Å². The van der Waals surface area contributed by atoms with Crippen molar-refractivity contribution >= 4 is 5.91 Å². The SMILES string of the molecule is CC(C)c1ncc(C(=O)NCC(C)(C)CN(C)C)c(=O)[nH]1. The topological polar surface area (TPSA) is 78.1 Å². The normalized spacial score (nSPS) is 12.0. The Labute approximate surface area is 126 Å². The van der Waals surface area contributed by atoms with Crippen molar-refractivity contribution in [1.82, 2.24) is 20.2 Å². The van der Waals surface area contributed by atoms with E-state index in [-0.39, 0.29) is 22.8 Å². The summed E-state index contributed by atoms with van der Waals surface area (Å²) in [4.78, 5) is 32.9. The van der Waals surface area contributed by atoms with Crippen molar-refractivity contribution in [3.63, 3.8) is 0 Å². The van der Waals surface area contributed by atoms with Crippen molar-refractivity contribution in [1.29, 1.82) is 0 Å². The predicted molar refractivity (Wildman–Crippen MR) is 83.6 cm³/mol. The number of aromatic amines is 1. The Morgan fingerprint density at radius 1 is 1.43 bits per heavy atom. The van der Waals surface area contributed by atoms with Crippen molar-refractivity contribution in [3.05, 3.63) is 27.9 Å². The highest BCUT2D eigenvalue weighted by molar-refractivity contribution is 5.93. The molecule has 0 atom stereocenters. The molecule has 0 aliphatic heterocycles. The summed E-state index contributed by atoms with van der Waals surface area (Å²) in [6.45, 7) is 9.34. The molecule has 0 radical (unpaired) electrons. The first-order chi connectivity index (χ1) is 9.62. The molecule has 0 unspecified atom stereocenters. The van der Waals surface area contributed by atoms with Crippen LogP contribution >= 0.6 is 0 Å². The van der Waals surface area contributed by atoms with Gasteiger partial charge < -0.3 is 15.2 Å². The molecule has 21 heavy (non-hydrogen) atoms. The molecule has 1 rings (SSSR count). The van der Waals surface area contributed by atoms with Crippen LogP contribution in [-0.2, 0) is 0 Å². The first kappa shape index (κ1) is 17.4. The van der Waals surface area contributed by atoms with Crippen LogP contribution in [0.5, 0.6) is 0 Å². The molecule has 1 aromatic rings. The number of carbonyl (C=O) groups excluding carboxylic acids is 1. The minimum atomic E-state index is -0.392. The summed E-state index contributed by atoms with van der Waals surface area (Å²) in [6.07, 6.45) is 1.35. The van der Waals surface area contributed by atoms with Crippen LogP contribution in [0.2, 0.25) is 0 Å². The van der Waals surface area contributed by atoms with Gasteiger partial charge in [0.15, 0.2) is 0 Å². The smallest absolute Gasteiger partial charge is 0.263 e. The zero-order valence-corrected chi connectivity index (χ0v) is 13.8. The van der Waals surface area contributed by atoms with Gasteiger partial charge in [0.2, 0.25) is 0 Å². The summed E-state index contributed by atoms with van der Waals surface area (Å²) >= 11 is 0. The lowest BCUT2D eigenvalue weighted by molar-refractivity contribution is 0.0927. The summed E-state index contributed by atoms with van der Waals surface area (Å²) in [7, 11) is 3.98. The van der Waals surface area contributed by atoms with Crippen LogP contribution in [0, 0.1) is 5.41 Å². The van der Waals surface area contributed by atoms with Crippen LogP contribution in [0.15, 0.2) is 11.0 Å². The Hall–Kier alpha value is -1.69. The van der Waals surface area contributed by atoms with Gasteiger partial charge in [0.25, 0.3) is 11.5 Å². The molecule has 118 valence electrons. The predicted octanol–water partition coefficient (Wildman–Crippen LogP) is 1.21. The monoisotopic (exact) mass is 294 g/mol. The van der Waals surface area contributed by atoms with Gasteiger partial charge in [0.1, 0.15) is 11.4 Å². The number of H-pyrrole nitrogens is 1. The van der Waals surface area contributed by atoms with Crippen molar-refractivity contribution in [2.75, 3.05) is 27.2 Å². The van der Waals surface area contributed by atoms with E-state index in [0.29, 0.717) is 12.4 Å². The van der Waals surface area contributed by atoms with E-state index in [1.807, 2.05) is 27.9 Å². The maximum atomic E-state index is 12.1. The van der Waals surface area contributed by atoms with Gasteiger partial charge in [-0.2, -0.15) is 0 Å². The number of carbonyl (C=O) groups is 1. The number of hydrogen-bond donors (Lipinski definition) is 2. The number of aromatic nitrogens is 2. The molecular formula is C15H26N4O2. The maximum absolute atomic E-state index is 12.1. The van der Waals surface area contributed by atoms with Gasteiger partial charge in [-0.05, 0) is 19.5 Å². The van der Waals surface area contributed by atoms with E-state index in [9.17, 15) is 9.59 Å². The highest BCUT2D eigenvalue weighted by atomic mass is 16.2. The average molecular weight is 294 g/mol. The fourth-order valence-corrected chi connectivity index (χ4v) is 2.19. The molecule has 0 aliphatic rings. The standard InChI is InChI=1S/C15H26N4O2/c1-10(2)12-16-7-11(14(21)18-12)13(20)17-8-15(3,4)9-19(5)6/h7,10H,8-9H2,1-6H3,(H,17,20)(H,16,18,21). The Morgan fingerprint density at radius 2 is 2.05 bits per heavy atom. The molecule has 2 N–H and O–H groups in total. The summed E-state index contributed by atoms with van der Waals surface area (Å²) in [6, 6.07) is 0. The minimum Gasteiger partial charge on any atom is -0.351 e. The highest BCUT2D eigenvalue weighted by Gasteiger charge is 2.21. The molecule has 0 aromatic carbocycles. The molecule has 0 spiro atoms. The van der Waals surface area contributed by atoms with Gasteiger partial charge in [0, 0.05) is 25.2 Å². The molecule has 6 nitrogen and oxygen atoms in total. The Bertz CT molecular complexity index is 547. The van der Waals surface area contributed by atoms with E-state index in [1.54, 1.807) is 0 Å². The number of hydrogen-bond acceptors (Lipinski definition) is 4. The van der Waals surface area contributed by atoms with E-state index in [0.717, 1.165) is 6.54 Å². The molecule has 1 aromatic heterocycles. The third-order valence-electron chi connectivity index (χ3n) is 3.08. The van der Waals surface area contributed by atoms with Crippen LogP contribution in [-0.4, -0.2) is 48.0 Å². The van der Waals surface area contributed by atoms with Crippen LogP contribution in [0.3, 0.4) is 0 Å². The second kappa shape index (κ2) is 6.85.